The van der Waals surface area contributed by atoms with Gasteiger partial charge in [-0.25, -0.2) is 4.79 Å². The maximum absolute atomic E-state index is 12.8. The van der Waals surface area contributed by atoms with Crippen LogP contribution < -0.4 is 14.8 Å². The number of urea groups is 1. The van der Waals surface area contributed by atoms with E-state index < -0.39 is 24.1 Å². The van der Waals surface area contributed by atoms with Crippen LogP contribution in [0.25, 0.3) is 0 Å². The third kappa shape index (κ3) is 3.78. The SMILES string of the molecule is COc1ccc([C@@]2(C)NC(=O)N(N=Cc3ccc(OC(F)F)cc3)C2=O)cc1. The van der Waals surface area contributed by atoms with Gasteiger partial charge in [-0.05, 0) is 54.4 Å². The van der Waals surface area contributed by atoms with Gasteiger partial charge in [-0.3, -0.25) is 4.79 Å². The molecule has 7 nitrogen and oxygen atoms in total. The molecule has 0 spiro atoms. The third-order valence-corrected chi connectivity index (χ3v) is 4.26. The minimum atomic E-state index is -2.92. The van der Waals surface area contributed by atoms with E-state index in [1.165, 1.54) is 37.6 Å². The van der Waals surface area contributed by atoms with Gasteiger partial charge in [0.2, 0.25) is 0 Å². The monoisotopic (exact) mass is 389 g/mol. The molecule has 1 aliphatic heterocycles. The van der Waals surface area contributed by atoms with Crippen LogP contribution in [0.1, 0.15) is 18.1 Å². The van der Waals surface area contributed by atoms with Gasteiger partial charge in [0.1, 0.15) is 17.0 Å². The summed E-state index contributed by atoms with van der Waals surface area (Å²) in [5.41, 5.74) is -0.187. The minimum absolute atomic E-state index is 0.00535. The van der Waals surface area contributed by atoms with Crippen LogP contribution >= 0.6 is 0 Å². The number of nitrogens with zero attached hydrogens (tertiary/aromatic N) is 2. The summed E-state index contributed by atoms with van der Waals surface area (Å²) >= 11 is 0. The Bertz CT molecular complexity index is 900. The van der Waals surface area contributed by atoms with Crippen LogP contribution in [-0.4, -0.2) is 36.9 Å². The normalized spacial score (nSPS) is 19.4. The Morgan fingerprint density at radius 3 is 2.25 bits per heavy atom. The quantitative estimate of drug-likeness (QED) is 0.608. The Balaban J connectivity index is 1.76. The molecule has 28 heavy (non-hydrogen) atoms. The van der Waals surface area contributed by atoms with E-state index in [-0.39, 0.29) is 5.75 Å². The molecule has 0 unspecified atom stereocenters. The number of benzene rings is 2. The molecular weight excluding hydrogens is 372 g/mol. The number of methoxy groups -OCH3 is 1. The van der Waals surface area contributed by atoms with Crippen LogP contribution in [0.5, 0.6) is 11.5 Å². The summed E-state index contributed by atoms with van der Waals surface area (Å²) in [7, 11) is 1.53. The van der Waals surface area contributed by atoms with Crippen LogP contribution in [0.4, 0.5) is 13.6 Å². The fourth-order valence-electron chi connectivity index (χ4n) is 2.71. The fraction of sp³-hybridized carbons (Fsp3) is 0.211. The lowest BCUT2D eigenvalue weighted by Crippen LogP contribution is -2.40. The predicted octanol–water partition coefficient (Wildman–Crippen LogP) is 3.10. The second-order valence-corrected chi connectivity index (χ2v) is 6.09. The predicted molar refractivity (Wildman–Crippen MR) is 96.4 cm³/mol. The highest BCUT2D eigenvalue weighted by atomic mass is 19.3. The molecule has 0 radical (unpaired) electrons. The van der Waals surface area contributed by atoms with E-state index in [0.29, 0.717) is 16.9 Å². The molecule has 2 aromatic carbocycles. The largest absolute Gasteiger partial charge is 0.497 e. The first-order chi connectivity index (χ1) is 13.3. The van der Waals surface area contributed by atoms with Crippen LogP contribution in [0.15, 0.2) is 53.6 Å². The van der Waals surface area contributed by atoms with E-state index in [9.17, 15) is 18.4 Å². The van der Waals surface area contributed by atoms with E-state index in [4.69, 9.17) is 4.74 Å². The molecule has 0 saturated carbocycles. The maximum Gasteiger partial charge on any atom is 0.387 e. The van der Waals surface area contributed by atoms with E-state index in [1.54, 1.807) is 31.2 Å². The highest BCUT2D eigenvalue weighted by Gasteiger charge is 2.49. The van der Waals surface area contributed by atoms with E-state index in [0.717, 1.165) is 5.01 Å². The van der Waals surface area contributed by atoms with Crippen molar-refractivity contribution >= 4 is 18.2 Å². The average molecular weight is 389 g/mol. The van der Waals surface area contributed by atoms with Crippen molar-refractivity contribution in [3.63, 3.8) is 0 Å². The van der Waals surface area contributed by atoms with Crippen LogP contribution in [0.2, 0.25) is 0 Å². The van der Waals surface area contributed by atoms with Crippen molar-refractivity contribution in [2.45, 2.75) is 19.1 Å². The Labute approximate surface area is 159 Å². The van der Waals surface area contributed by atoms with Gasteiger partial charge in [0.05, 0.1) is 13.3 Å². The smallest absolute Gasteiger partial charge is 0.387 e. The van der Waals surface area contributed by atoms with Crippen molar-refractivity contribution in [3.05, 3.63) is 59.7 Å². The summed E-state index contributed by atoms with van der Waals surface area (Å²) in [4.78, 5) is 25.0. The summed E-state index contributed by atoms with van der Waals surface area (Å²) in [6.45, 7) is -1.33. The molecule has 2 aromatic rings. The third-order valence-electron chi connectivity index (χ3n) is 4.26. The number of hydrogen-bond donors (Lipinski definition) is 1. The van der Waals surface area contributed by atoms with Gasteiger partial charge < -0.3 is 14.8 Å². The minimum Gasteiger partial charge on any atom is -0.497 e. The maximum atomic E-state index is 12.8. The number of nitrogens with one attached hydrogen (secondary N) is 1. The van der Waals surface area contributed by atoms with Crippen molar-refractivity contribution in [3.8, 4) is 11.5 Å². The lowest BCUT2D eigenvalue weighted by atomic mass is 9.92. The molecule has 3 amide bonds. The Kier molecular flexibility index (Phi) is 5.25. The number of imide groups is 1. The van der Waals surface area contributed by atoms with Crippen molar-refractivity contribution < 1.29 is 27.8 Å². The number of halogens is 2. The molecular formula is C19H17F2N3O4. The molecule has 3 rings (SSSR count). The number of rotatable bonds is 6. The number of hydrazone groups is 1. The number of alkyl halides is 2. The van der Waals surface area contributed by atoms with Crippen molar-refractivity contribution in [1.29, 1.82) is 0 Å². The zero-order valence-electron chi connectivity index (χ0n) is 15.1. The summed E-state index contributed by atoms with van der Waals surface area (Å²) < 4.78 is 33.7. The van der Waals surface area contributed by atoms with Gasteiger partial charge in [-0.15, -0.1) is 5.01 Å². The Morgan fingerprint density at radius 2 is 1.68 bits per heavy atom. The Hall–Kier alpha value is -3.49. The molecule has 0 aromatic heterocycles. The summed E-state index contributed by atoms with van der Waals surface area (Å²) in [5.74, 6) is 0.0732. The Morgan fingerprint density at radius 1 is 1.07 bits per heavy atom. The molecule has 0 aliphatic carbocycles. The highest BCUT2D eigenvalue weighted by Crippen LogP contribution is 2.30. The zero-order chi connectivity index (χ0) is 20.3. The van der Waals surface area contributed by atoms with E-state index >= 15 is 0 Å². The number of amides is 3. The number of carbonyl (C=O) groups is 2. The second kappa shape index (κ2) is 7.63. The van der Waals surface area contributed by atoms with Gasteiger partial charge in [0, 0.05) is 0 Å². The lowest BCUT2D eigenvalue weighted by molar-refractivity contribution is -0.131. The molecule has 1 N–H and O–H groups in total. The standard InChI is InChI=1S/C19H17F2N3O4/c1-19(13-5-9-14(27-2)10-6-13)16(25)24(18(26)23-19)22-11-12-3-7-15(8-4-12)28-17(20)21/h3-11,17H,1-2H3,(H,23,26)/t19-/m1/s1. The van der Waals surface area contributed by atoms with Crippen LogP contribution in [0, 0.1) is 0 Å². The molecule has 1 aliphatic rings. The topological polar surface area (TPSA) is 80.2 Å². The molecule has 1 atom stereocenters. The van der Waals surface area contributed by atoms with Crippen LogP contribution in [0.3, 0.4) is 0 Å². The summed E-state index contributed by atoms with van der Waals surface area (Å²) in [5, 5.41) is 7.29. The van der Waals surface area contributed by atoms with E-state index in [1.807, 2.05) is 0 Å². The van der Waals surface area contributed by atoms with E-state index in [2.05, 4.69) is 15.2 Å². The van der Waals surface area contributed by atoms with Gasteiger partial charge in [-0.2, -0.15) is 13.9 Å². The van der Waals surface area contributed by atoms with Crippen molar-refractivity contribution in [1.82, 2.24) is 10.3 Å². The first kappa shape index (κ1) is 19.3. The fourth-order valence-corrected chi connectivity index (χ4v) is 2.71. The molecule has 146 valence electrons. The zero-order valence-corrected chi connectivity index (χ0v) is 15.1. The second-order valence-electron chi connectivity index (χ2n) is 6.09. The van der Waals surface area contributed by atoms with Gasteiger partial charge in [-0.1, -0.05) is 12.1 Å². The van der Waals surface area contributed by atoms with Crippen LogP contribution in [-0.2, 0) is 10.3 Å². The van der Waals surface area contributed by atoms with Gasteiger partial charge in [0.25, 0.3) is 5.91 Å². The number of carbonyl (C=O) groups excluding carboxylic acids is 2. The number of hydrogen-bond acceptors (Lipinski definition) is 5. The summed E-state index contributed by atoms with van der Waals surface area (Å²) in [6, 6.07) is 11.7. The van der Waals surface area contributed by atoms with Crippen molar-refractivity contribution in [2.24, 2.45) is 5.10 Å². The average Bonchev–Trinajstić information content (AvgIpc) is 2.90. The highest BCUT2D eigenvalue weighted by molar-refractivity contribution is 6.07. The van der Waals surface area contributed by atoms with Gasteiger partial charge in [0.15, 0.2) is 0 Å². The lowest BCUT2D eigenvalue weighted by Gasteiger charge is -2.21. The number of ether oxygens (including phenoxy) is 2. The molecule has 1 heterocycles. The molecule has 0 bridgehead atoms. The first-order valence-corrected chi connectivity index (χ1v) is 8.23. The molecule has 1 fully saturated rings. The summed E-state index contributed by atoms with van der Waals surface area (Å²) in [6.07, 6.45) is 1.28. The van der Waals surface area contributed by atoms with Crippen molar-refractivity contribution in [2.75, 3.05) is 7.11 Å². The molecule has 9 heteroatoms. The van der Waals surface area contributed by atoms with Gasteiger partial charge >= 0.3 is 12.6 Å². The first-order valence-electron chi connectivity index (χ1n) is 8.23. The molecule has 1 saturated heterocycles.